The minimum absolute atomic E-state index is 0.270. The lowest BCUT2D eigenvalue weighted by molar-refractivity contribution is 0.508. The number of sulfonamides is 1. The van der Waals surface area contributed by atoms with Crippen molar-refractivity contribution in [3.63, 3.8) is 0 Å². The van der Waals surface area contributed by atoms with E-state index in [0.29, 0.717) is 16.6 Å². The van der Waals surface area contributed by atoms with Crippen molar-refractivity contribution in [3.05, 3.63) is 40.3 Å². The molecule has 1 heterocycles. The second-order valence-electron chi connectivity index (χ2n) is 6.02. The Morgan fingerprint density at radius 3 is 2.86 bits per heavy atom. The topological polar surface area (TPSA) is 72.2 Å². The largest absolute Gasteiger partial charge is 0.396 e. The van der Waals surface area contributed by atoms with Crippen molar-refractivity contribution in [2.45, 2.75) is 38.0 Å². The summed E-state index contributed by atoms with van der Waals surface area (Å²) in [5.41, 5.74) is 8.81. The molecule has 1 aromatic heterocycles. The van der Waals surface area contributed by atoms with Gasteiger partial charge in [0.1, 0.15) is 5.00 Å². The Morgan fingerprint density at radius 1 is 1.36 bits per heavy atom. The molecule has 1 atom stereocenters. The zero-order chi connectivity index (χ0) is 15.9. The first-order valence-corrected chi connectivity index (χ1v) is 9.66. The maximum absolute atomic E-state index is 12.5. The summed E-state index contributed by atoms with van der Waals surface area (Å²) < 4.78 is 27.7. The monoisotopic (exact) mass is 336 g/mol. The number of aryl methyl sites for hydroxylation is 1. The van der Waals surface area contributed by atoms with Gasteiger partial charge in [-0.25, -0.2) is 8.42 Å². The molecule has 0 saturated carbocycles. The molecule has 0 amide bonds. The zero-order valence-corrected chi connectivity index (χ0v) is 14.4. The van der Waals surface area contributed by atoms with Crippen LogP contribution in [-0.4, -0.2) is 8.42 Å². The molecule has 1 aromatic carbocycles. The van der Waals surface area contributed by atoms with Crippen LogP contribution in [0.4, 0.5) is 10.7 Å². The number of nitrogen functional groups attached to an aromatic ring is 1. The van der Waals surface area contributed by atoms with E-state index in [1.165, 1.54) is 16.2 Å². The smallest absolute Gasteiger partial charge is 0.262 e. The van der Waals surface area contributed by atoms with Gasteiger partial charge in [0.25, 0.3) is 10.0 Å². The van der Waals surface area contributed by atoms with Gasteiger partial charge in [-0.3, -0.25) is 4.72 Å². The molecule has 1 aliphatic rings. The summed E-state index contributed by atoms with van der Waals surface area (Å²) in [5, 5.41) is 0.556. The Labute approximate surface area is 135 Å². The van der Waals surface area contributed by atoms with E-state index < -0.39 is 10.0 Å². The van der Waals surface area contributed by atoms with Gasteiger partial charge in [-0.2, -0.15) is 0 Å². The molecule has 2 aromatic rings. The quantitative estimate of drug-likeness (QED) is 0.900. The second kappa shape index (κ2) is 5.59. The summed E-state index contributed by atoms with van der Waals surface area (Å²) in [7, 11) is -3.59. The number of hydrogen-bond acceptors (Lipinski definition) is 4. The number of benzene rings is 1. The molecule has 118 valence electrons. The summed E-state index contributed by atoms with van der Waals surface area (Å²) in [6, 6.07) is 6.88. The number of rotatable bonds is 3. The molecule has 4 nitrogen and oxygen atoms in total. The van der Waals surface area contributed by atoms with E-state index in [4.69, 9.17) is 5.73 Å². The van der Waals surface area contributed by atoms with E-state index in [1.807, 2.05) is 13.0 Å². The van der Waals surface area contributed by atoms with E-state index in [-0.39, 0.29) is 4.90 Å². The Hall–Kier alpha value is -1.53. The summed E-state index contributed by atoms with van der Waals surface area (Å²) in [6.07, 6.45) is 3.03. The Morgan fingerprint density at radius 2 is 2.14 bits per heavy atom. The van der Waals surface area contributed by atoms with Gasteiger partial charge in [0.15, 0.2) is 0 Å². The summed E-state index contributed by atoms with van der Waals surface area (Å²) in [4.78, 5) is 1.49. The first-order valence-electron chi connectivity index (χ1n) is 7.36. The molecule has 1 aliphatic carbocycles. The normalized spacial score (nSPS) is 18.0. The fraction of sp³-hybridized carbons (Fsp3) is 0.375. The van der Waals surface area contributed by atoms with E-state index in [0.717, 1.165) is 30.4 Å². The van der Waals surface area contributed by atoms with E-state index in [9.17, 15) is 8.42 Å². The van der Waals surface area contributed by atoms with E-state index in [2.05, 4.69) is 11.6 Å². The Balaban J connectivity index is 1.93. The van der Waals surface area contributed by atoms with Gasteiger partial charge < -0.3 is 5.73 Å². The third-order valence-corrected chi connectivity index (χ3v) is 6.74. The molecule has 0 aliphatic heterocycles. The first kappa shape index (κ1) is 15.4. The van der Waals surface area contributed by atoms with Crippen LogP contribution in [0.2, 0.25) is 0 Å². The number of hydrogen-bond donors (Lipinski definition) is 2. The van der Waals surface area contributed by atoms with Crippen molar-refractivity contribution >= 4 is 32.0 Å². The predicted octanol–water partition coefficient (Wildman–Crippen LogP) is 3.56. The van der Waals surface area contributed by atoms with Crippen molar-refractivity contribution in [1.82, 2.24) is 0 Å². The molecule has 3 rings (SSSR count). The maximum atomic E-state index is 12.5. The highest BCUT2D eigenvalue weighted by molar-refractivity contribution is 7.93. The first-order chi connectivity index (χ1) is 10.4. The third-order valence-electron chi connectivity index (χ3n) is 4.08. The minimum atomic E-state index is -3.59. The molecular formula is C16H20N2O2S2. The average molecular weight is 336 g/mol. The van der Waals surface area contributed by atoms with Crippen LogP contribution in [0.5, 0.6) is 0 Å². The lowest BCUT2D eigenvalue weighted by atomic mass is 9.90. The number of thiophene rings is 1. The van der Waals surface area contributed by atoms with E-state index >= 15 is 0 Å². The minimum Gasteiger partial charge on any atom is -0.396 e. The lowest BCUT2D eigenvalue weighted by Gasteiger charge is -2.17. The number of anilines is 2. The predicted molar refractivity (Wildman–Crippen MR) is 91.9 cm³/mol. The molecule has 0 bridgehead atoms. The molecule has 0 fully saturated rings. The van der Waals surface area contributed by atoms with Crippen LogP contribution < -0.4 is 10.5 Å². The van der Waals surface area contributed by atoms with Crippen LogP contribution in [0.1, 0.15) is 29.3 Å². The lowest BCUT2D eigenvalue weighted by Crippen LogP contribution is -2.13. The van der Waals surface area contributed by atoms with Crippen molar-refractivity contribution < 1.29 is 8.42 Å². The van der Waals surface area contributed by atoms with Gasteiger partial charge in [0.2, 0.25) is 0 Å². The standard InChI is InChI=1S/C16H20N2O2S2/c1-10-4-3-5-12(8-10)22(19,20)18-16-15(17)13-7-6-11(2)9-14(13)21-16/h3-5,8,11,18H,6-7,9,17H2,1-2H3. The summed E-state index contributed by atoms with van der Waals surface area (Å²) in [5.74, 6) is 0.631. The van der Waals surface area contributed by atoms with Crippen molar-refractivity contribution in [1.29, 1.82) is 0 Å². The molecule has 3 N–H and O–H groups in total. The highest BCUT2D eigenvalue weighted by atomic mass is 32.2. The SMILES string of the molecule is Cc1cccc(S(=O)(=O)Nc2sc3c(c2N)CCC(C)C3)c1. The number of fused-ring (bicyclic) bond motifs is 1. The number of nitrogens with one attached hydrogen (secondary N) is 1. The van der Waals surface area contributed by atoms with Gasteiger partial charge >= 0.3 is 0 Å². The molecule has 0 saturated heterocycles. The summed E-state index contributed by atoms with van der Waals surface area (Å²) in [6.45, 7) is 4.09. The number of nitrogens with two attached hydrogens (primary N) is 1. The maximum Gasteiger partial charge on any atom is 0.262 e. The molecule has 22 heavy (non-hydrogen) atoms. The molecule has 0 radical (unpaired) electrons. The van der Waals surface area contributed by atoms with Crippen LogP contribution in [0.25, 0.3) is 0 Å². The highest BCUT2D eigenvalue weighted by Gasteiger charge is 2.25. The van der Waals surface area contributed by atoms with Crippen LogP contribution in [-0.2, 0) is 22.9 Å². The average Bonchev–Trinajstić information content (AvgIpc) is 2.74. The van der Waals surface area contributed by atoms with Gasteiger partial charge in [0.05, 0.1) is 10.6 Å². The third kappa shape index (κ3) is 2.85. The molecule has 0 spiro atoms. The van der Waals surface area contributed by atoms with Crippen molar-refractivity contribution in [2.75, 3.05) is 10.5 Å². The van der Waals surface area contributed by atoms with E-state index in [1.54, 1.807) is 18.2 Å². The van der Waals surface area contributed by atoms with Gasteiger partial charge in [-0.05, 0) is 55.4 Å². The van der Waals surface area contributed by atoms with Crippen LogP contribution in [0, 0.1) is 12.8 Å². The van der Waals surface area contributed by atoms with Crippen LogP contribution in [0.15, 0.2) is 29.2 Å². The van der Waals surface area contributed by atoms with Crippen molar-refractivity contribution in [2.24, 2.45) is 5.92 Å². The van der Waals surface area contributed by atoms with Gasteiger partial charge in [-0.15, -0.1) is 11.3 Å². The van der Waals surface area contributed by atoms with Crippen LogP contribution in [0.3, 0.4) is 0 Å². The highest BCUT2D eigenvalue weighted by Crippen LogP contribution is 2.42. The zero-order valence-electron chi connectivity index (χ0n) is 12.7. The molecule has 6 heteroatoms. The van der Waals surface area contributed by atoms with Crippen molar-refractivity contribution in [3.8, 4) is 0 Å². The molecule has 1 unspecified atom stereocenters. The fourth-order valence-corrected chi connectivity index (χ4v) is 5.56. The Kier molecular flexibility index (Phi) is 3.91. The van der Waals surface area contributed by atoms with Gasteiger partial charge in [0, 0.05) is 4.88 Å². The molecular weight excluding hydrogens is 316 g/mol. The Bertz CT molecular complexity index is 810. The van der Waals surface area contributed by atoms with Gasteiger partial charge in [-0.1, -0.05) is 19.1 Å². The second-order valence-corrected chi connectivity index (χ2v) is 8.80. The van der Waals surface area contributed by atoms with Crippen LogP contribution >= 0.6 is 11.3 Å². The fourth-order valence-electron chi connectivity index (χ4n) is 2.81. The summed E-state index contributed by atoms with van der Waals surface area (Å²) >= 11 is 1.48.